The van der Waals surface area contributed by atoms with Gasteiger partial charge in [-0.3, -0.25) is 0 Å². The van der Waals surface area contributed by atoms with Crippen molar-refractivity contribution in [1.82, 2.24) is 4.57 Å². The highest BCUT2D eigenvalue weighted by molar-refractivity contribution is 9.10. The SMILES string of the molecule is Cc1ccc(C)c(-n2c(C)cc(Br)c2C)c1. The van der Waals surface area contributed by atoms with E-state index < -0.39 is 0 Å². The molecule has 1 nitrogen and oxygen atoms in total. The molecule has 0 aliphatic rings. The summed E-state index contributed by atoms with van der Waals surface area (Å²) in [6.45, 7) is 8.56. The van der Waals surface area contributed by atoms with E-state index in [4.69, 9.17) is 0 Å². The van der Waals surface area contributed by atoms with E-state index in [1.807, 2.05) is 0 Å². The Bertz CT molecular complexity index is 538. The minimum atomic E-state index is 1.17. The lowest BCUT2D eigenvalue weighted by Crippen LogP contribution is -2.01. The predicted molar refractivity (Wildman–Crippen MR) is 72.4 cm³/mol. The Morgan fingerprint density at radius 3 is 2.25 bits per heavy atom. The van der Waals surface area contributed by atoms with Gasteiger partial charge < -0.3 is 4.57 Å². The molecule has 2 rings (SSSR count). The van der Waals surface area contributed by atoms with E-state index in [0.717, 1.165) is 0 Å². The summed E-state index contributed by atoms with van der Waals surface area (Å²) in [6.07, 6.45) is 0. The maximum absolute atomic E-state index is 3.59. The van der Waals surface area contributed by atoms with E-state index in [0.29, 0.717) is 0 Å². The topological polar surface area (TPSA) is 4.93 Å². The molecule has 2 aromatic rings. The largest absolute Gasteiger partial charge is 0.317 e. The summed E-state index contributed by atoms with van der Waals surface area (Å²) in [5, 5.41) is 0. The van der Waals surface area contributed by atoms with Crippen LogP contribution in [-0.4, -0.2) is 4.57 Å². The number of rotatable bonds is 1. The molecule has 2 heteroatoms. The molecule has 0 saturated carbocycles. The van der Waals surface area contributed by atoms with Crippen molar-refractivity contribution >= 4 is 15.9 Å². The number of nitrogens with zero attached hydrogens (tertiary/aromatic N) is 1. The molecule has 0 amide bonds. The maximum atomic E-state index is 3.59. The Morgan fingerprint density at radius 2 is 1.69 bits per heavy atom. The molecule has 0 fully saturated rings. The van der Waals surface area contributed by atoms with Gasteiger partial charge in [-0.05, 0) is 66.9 Å². The van der Waals surface area contributed by atoms with Gasteiger partial charge >= 0.3 is 0 Å². The molecule has 0 unspecified atom stereocenters. The minimum Gasteiger partial charge on any atom is -0.317 e. The summed E-state index contributed by atoms with van der Waals surface area (Å²) in [7, 11) is 0. The van der Waals surface area contributed by atoms with Gasteiger partial charge in [-0.1, -0.05) is 12.1 Å². The molecule has 0 aliphatic carbocycles. The van der Waals surface area contributed by atoms with Crippen LogP contribution < -0.4 is 0 Å². The van der Waals surface area contributed by atoms with Crippen molar-refractivity contribution in [2.75, 3.05) is 0 Å². The number of aromatic nitrogens is 1. The molecule has 1 aromatic heterocycles. The van der Waals surface area contributed by atoms with E-state index in [1.165, 1.54) is 32.7 Å². The van der Waals surface area contributed by atoms with Crippen molar-refractivity contribution in [3.8, 4) is 5.69 Å². The molecule has 84 valence electrons. The third-order valence-electron chi connectivity index (χ3n) is 2.97. The Morgan fingerprint density at radius 1 is 1.00 bits per heavy atom. The van der Waals surface area contributed by atoms with E-state index in [1.54, 1.807) is 0 Å². The summed E-state index contributed by atoms with van der Waals surface area (Å²) < 4.78 is 3.47. The first-order valence-corrected chi connectivity index (χ1v) is 6.22. The van der Waals surface area contributed by atoms with Gasteiger partial charge in [-0.25, -0.2) is 0 Å². The van der Waals surface area contributed by atoms with Gasteiger partial charge in [-0.15, -0.1) is 0 Å². The quantitative estimate of drug-likeness (QED) is 0.725. The molecule has 1 heterocycles. The first kappa shape index (κ1) is 11.5. The van der Waals surface area contributed by atoms with E-state index in [-0.39, 0.29) is 0 Å². The summed E-state index contributed by atoms with van der Waals surface area (Å²) in [6, 6.07) is 8.73. The second-order valence-corrected chi connectivity index (χ2v) is 5.20. The fourth-order valence-electron chi connectivity index (χ4n) is 2.05. The van der Waals surface area contributed by atoms with Crippen LogP contribution in [0.25, 0.3) is 5.69 Å². The maximum Gasteiger partial charge on any atom is 0.0487 e. The predicted octanol–water partition coefficient (Wildman–Crippen LogP) is 4.47. The molecule has 0 aliphatic heterocycles. The number of hydrogen-bond acceptors (Lipinski definition) is 0. The summed E-state index contributed by atoms with van der Waals surface area (Å²) in [5.74, 6) is 0. The highest BCUT2D eigenvalue weighted by Gasteiger charge is 2.10. The van der Waals surface area contributed by atoms with Crippen LogP contribution in [0.5, 0.6) is 0 Å². The van der Waals surface area contributed by atoms with Crippen LogP contribution >= 0.6 is 15.9 Å². The van der Waals surface area contributed by atoms with Crippen LogP contribution in [0.3, 0.4) is 0 Å². The number of hydrogen-bond donors (Lipinski definition) is 0. The number of halogens is 1. The van der Waals surface area contributed by atoms with Crippen molar-refractivity contribution in [1.29, 1.82) is 0 Å². The van der Waals surface area contributed by atoms with Crippen LogP contribution in [0, 0.1) is 27.7 Å². The van der Waals surface area contributed by atoms with Gasteiger partial charge in [0.1, 0.15) is 0 Å². The second kappa shape index (κ2) is 4.10. The lowest BCUT2D eigenvalue weighted by atomic mass is 10.1. The summed E-state index contributed by atoms with van der Waals surface area (Å²) >= 11 is 3.59. The van der Waals surface area contributed by atoms with Crippen molar-refractivity contribution in [3.63, 3.8) is 0 Å². The number of benzene rings is 1. The fraction of sp³-hybridized carbons (Fsp3) is 0.286. The van der Waals surface area contributed by atoms with Gasteiger partial charge in [0, 0.05) is 21.5 Å². The molecule has 16 heavy (non-hydrogen) atoms. The van der Waals surface area contributed by atoms with Crippen LogP contribution in [0.2, 0.25) is 0 Å². The zero-order valence-corrected chi connectivity index (χ0v) is 11.7. The van der Waals surface area contributed by atoms with Gasteiger partial charge in [0.15, 0.2) is 0 Å². The second-order valence-electron chi connectivity index (χ2n) is 4.34. The highest BCUT2D eigenvalue weighted by atomic mass is 79.9. The Kier molecular flexibility index (Phi) is 2.94. The van der Waals surface area contributed by atoms with Crippen LogP contribution in [0.15, 0.2) is 28.7 Å². The monoisotopic (exact) mass is 277 g/mol. The first-order valence-electron chi connectivity index (χ1n) is 5.43. The van der Waals surface area contributed by atoms with Crippen molar-refractivity contribution < 1.29 is 0 Å². The zero-order valence-electron chi connectivity index (χ0n) is 10.1. The van der Waals surface area contributed by atoms with E-state index in [9.17, 15) is 0 Å². The lowest BCUT2D eigenvalue weighted by Gasteiger charge is -2.13. The molecule has 0 bridgehead atoms. The Labute approximate surface area is 105 Å². The Hall–Kier alpha value is -1.02. The normalized spacial score (nSPS) is 10.8. The van der Waals surface area contributed by atoms with E-state index in [2.05, 4.69) is 72.5 Å². The summed E-state index contributed by atoms with van der Waals surface area (Å²) in [4.78, 5) is 0. The van der Waals surface area contributed by atoms with Gasteiger partial charge in [0.2, 0.25) is 0 Å². The van der Waals surface area contributed by atoms with Crippen molar-refractivity contribution in [2.24, 2.45) is 0 Å². The van der Waals surface area contributed by atoms with Crippen LogP contribution in [0.4, 0.5) is 0 Å². The highest BCUT2D eigenvalue weighted by Crippen LogP contribution is 2.26. The molecule has 1 aromatic carbocycles. The van der Waals surface area contributed by atoms with Crippen LogP contribution in [0.1, 0.15) is 22.5 Å². The Balaban J connectivity index is 2.71. The number of aryl methyl sites for hydroxylation is 3. The fourth-order valence-corrected chi connectivity index (χ4v) is 2.56. The van der Waals surface area contributed by atoms with Crippen LogP contribution in [-0.2, 0) is 0 Å². The minimum absolute atomic E-state index is 1.17. The molecular formula is C14H16BrN. The smallest absolute Gasteiger partial charge is 0.0487 e. The average molecular weight is 278 g/mol. The van der Waals surface area contributed by atoms with Gasteiger partial charge in [-0.2, -0.15) is 0 Å². The average Bonchev–Trinajstić information content (AvgIpc) is 2.46. The third kappa shape index (κ3) is 1.82. The lowest BCUT2D eigenvalue weighted by molar-refractivity contribution is 0.950. The molecule has 0 radical (unpaired) electrons. The molecule has 0 atom stereocenters. The van der Waals surface area contributed by atoms with Crippen molar-refractivity contribution in [3.05, 3.63) is 51.3 Å². The summed E-state index contributed by atoms with van der Waals surface area (Å²) in [5.41, 5.74) is 6.40. The first-order chi connectivity index (χ1) is 7.50. The standard InChI is InChI=1S/C14H16BrN/c1-9-5-6-10(2)14(7-9)16-11(3)8-13(15)12(16)4/h5-8H,1-4H3. The van der Waals surface area contributed by atoms with Crippen molar-refractivity contribution in [2.45, 2.75) is 27.7 Å². The zero-order chi connectivity index (χ0) is 11.9. The van der Waals surface area contributed by atoms with E-state index >= 15 is 0 Å². The molecular weight excluding hydrogens is 262 g/mol. The van der Waals surface area contributed by atoms with Gasteiger partial charge in [0.05, 0.1) is 0 Å². The molecule has 0 N–H and O–H groups in total. The molecule has 0 spiro atoms. The third-order valence-corrected chi connectivity index (χ3v) is 3.78. The molecule has 0 saturated heterocycles. The van der Waals surface area contributed by atoms with Gasteiger partial charge in [0.25, 0.3) is 0 Å².